The summed E-state index contributed by atoms with van der Waals surface area (Å²) in [5.74, 6) is 1.10. The molecule has 0 saturated carbocycles. The van der Waals surface area contributed by atoms with Gasteiger partial charge in [-0.15, -0.1) is 12.4 Å². The molecular weight excluding hydrogens is 360 g/mol. The summed E-state index contributed by atoms with van der Waals surface area (Å²) in [5.41, 5.74) is 8.36. The molecule has 0 saturated heterocycles. The predicted octanol–water partition coefficient (Wildman–Crippen LogP) is 4.14. The van der Waals surface area contributed by atoms with Gasteiger partial charge in [-0.3, -0.25) is 4.79 Å². The Morgan fingerprint density at radius 2 is 1.67 bits per heavy atom. The number of ether oxygens (including phenoxy) is 1. The third-order valence-electron chi connectivity index (χ3n) is 4.36. The van der Waals surface area contributed by atoms with Gasteiger partial charge in [0.25, 0.3) is 0 Å². The summed E-state index contributed by atoms with van der Waals surface area (Å²) in [5, 5.41) is 2.99. The number of nitrogens with one attached hydrogen (secondary N) is 1. The number of hydrogen-bond acceptors (Lipinski definition) is 3. The van der Waals surface area contributed by atoms with Gasteiger partial charge in [0, 0.05) is 12.6 Å². The Kier molecular flexibility index (Phi) is 9.90. The van der Waals surface area contributed by atoms with E-state index in [9.17, 15) is 4.79 Å². The summed E-state index contributed by atoms with van der Waals surface area (Å²) in [6.45, 7) is 7.43. The average molecular weight is 391 g/mol. The fraction of sp³-hybridized carbons (Fsp3) is 0.409. The minimum atomic E-state index is -0.298. The van der Waals surface area contributed by atoms with Crippen LogP contribution in [0.2, 0.25) is 0 Å². The summed E-state index contributed by atoms with van der Waals surface area (Å²) in [7, 11) is 0. The van der Waals surface area contributed by atoms with Crippen LogP contribution in [0, 0.1) is 11.8 Å². The Bertz CT molecular complexity index is 674. The Labute approximate surface area is 168 Å². The molecule has 2 aromatic carbocycles. The van der Waals surface area contributed by atoms with Crippen LogP contribution in [0.25, 0.3) is 0 Å². The van der Waals surface area contributed by atoms with Gasteiger partial charge in [-0.05, 0) is 35.6 Å². The van der Waals surface area contributed by atoms with Crippen LogP contribution in [0.1, 0.15) is 37.9 Å². The van der Waals surface area contributed by atoms with Gasteiger partial charge in [-0.25, -0.2) is 0 Å². The topological polar surface area (TPSA) is 64.3 Å². The summed E-state index contributed by atoms with van der Waals surface area (Å²) in [4.78, 5) is 12.3. The van der Waals surface area contributed by atoms with Gasteiger partial charge in [-0.1, -0.05) is 63.2 Å². The van der Waals surface area contributed by atoms with Crippen molar-refractivity contribution in [3.63, 3.8) is 0 Å². The number of amides is 1. The maximum atomic E-state index is 12.3. The number of hydrogen-bond donors (Lipinski definition) is 2. The molecule has 0 aliphatic rings. The van der Waals surface area contributed by atoms with Crippen molar-refractivity contribution in [1.29, 1.82) is 0 Å². The monoisotopic (exact) mass is 390 g/mol. The SMILES string of the molecule is CC(C)COc1ccc(CCNC(=O)C(C)C(N)c2ccccc2)cc1.Cl. The van der Waals surface area contributed by atoms with Gasteiger partial charge in [0.2, 0.25) is 5.91 Å². The Balaban J connectivity index is 0.00000364. The van der Waals surface area contributed by atoms with E-state index in [0.717, 1.165) is 24.3 Å². The summed E-state index contributed by atoms with van der Waals surface area (Å²) in [6, 6.07) is 17.5. The molecule has 0 heterocycles. The van der Waals surface area contributed by atoms with Crippen LogP contribution in [-0.2, 0) is 11.2 Å². The first-order valence-corrected chi connectivity index (χ1v) is 9.27. The molecule has 148 valence electrons. The van der Waals surface area contributed by atoms with Crippen LogP contribution < -0.4 is 15.8 Å². The smallest absolute Gasteiger partial charge is 0.224 e. The predicted molar refractivity (Wildman–Crippen MR) is 113 cm³/mol. The van der Waals surface area contributed by atoms with Gasteiger partial charge in [0.15, 0.2) is 0 Å². The molecule has 27 heavy (non-hydrogen) atoms. The Hall–Kier alpha value is -2.04. The lowest BCUT2D eigenvalue weighted by Gasteiger charge is -2.19. The molecule has 5 heteroatoms. The van der Waals surface area contributed by atoms with Crippen molar-refractivity contribution in [2.45, 2.75) is 33.2 Å². The zero-order valence-corrected chi connectivity index (χ0v) is 17.2. The summed E-state index contributed by atoms with van der Waals surface area (Å²) < 4.78 is 5.68. The van der Waals surface area contributed by atoms with Gasteiger partial charge in [0.1, 0.15) is 5.75 Å². The van der Waals surface area contributed by atoms with Gasteiger partial charge in [-0.2, -0.15) is 0 Å². The standard InChI is InChI=1S/C22H30N2O2.ClH/c1-16(2)15-26-20-11-9-18(10-12-20)13-14-24-22(25)17(3)21(23)19-7-5-4-6-8-19;/h4-12,16-17,21H,13-15,23H2,1-3H3,(H,24,25);1H. The molecule has 3 N–H and O–H groups in total. The first-order valence-electron chi connectivity index (χ1n) is 9.27. The number of carbonyl (C=O) groups excluding carboxylic acids is 1. The Morgan fingerprint density at radius 1 is 1.04 bits per heavy atom. The summed E-state index contributed by atoms with van der Waals surface area (Å²) >= 11 is 0. The molecule has 2 atom stereocenters. The quantitative estimate of drug-likeness (QED) is 0.676. The molecule has 0 fully saturated rings. The molecule has 0 radical (unpaired) electrons. The molecule has 0 aliphatic carbocycles. The first-order chi connectivity index (χ1) is 12.5. The molecule has 0 spiro atoms. The van der Waals surface area contributed by atoms with Crippen molar-refractivity contribution < 1.29 is 9.53 Å². The lowest BCUT2D eigenvalue weighted by molar-refractivity contribution is -0.125. The Morgan fingerprint density at radius 3 is 2.26 bits per heavy atom. The van der Waals surface area contributed by atoms with Crippen LogP contribution >= 0.6 is 12.4 Å². The fourth-order valence-corrected chi connectivity index (χ4v) is 2.63. The van der Waals surface area contributed by atoms with Crippen LogP contribution in [0.4, 0.5) is 0 Å². The second kappa shape index (κ2) is 11.6. The normalized spacial score (nSPS) is 12.8. The number of benzene rings is 2. The second-order valence-electron chi connectivity index (χ2n) is 7.11. The maximum Gasteiger partial charge on any atom is 0.224 e. The van der Waals surface area contributed by atoms with Crippen molar-refractivity contribution in [3.05, 3.63) is 65.7 Å². The lowest BCUT2D eigenvalue weighted by atomic mass is 9.94. The third kappa shape index (κ3) is 7.61. The van der Waals surface area contributed by atoms with Crippen LogP contribution in [-0.4, -0.2) is 19.1 Å². The molecule has 2 unspecified atom stereocenters. The highest BCUT2D eigenvalue weighted by Crippen LogP contribution is 2.19. The molecule has 2 rings (SSSR count). The maximum absolute atomic E-state index is 12.3. The minimum absolute atomic E-state index is 0. The van der Waals surface area contributed by atoms with E-state index >= 15 is 0 Å². The molecular formula is C22H31ClN2O2. The van der Waals surface area contributed by atoms with E-state index in [2.05, 4.69) is 19.2 Å². The van der Waals surface area contributed by atoms with E-state index in [-0.39, 0.29) is 30.3 Å². The van der Waals surface area contributed by atoms with Crippen molar-refractivity contribution in [3.8, 4) is 5.75 Å². The van der Waals surface area contributed by atoms with E-state index in [4.69, 9.17) is 10.5 Å². The highest BCUT2D eigenvalue weighted by molar-refractivity contribution is 5.85. The number of rotatable bonds is 9. The molecule has 0 aliphatic heterocycles. The van der Waals surface area contributed by atoms with Crippen LogP contribution in [0.3, 0.4) is 0 Å². The van der Waals surface area contributed by atoms with E-state index in [1.54, 1.807) is 0 Å². The molecule has 0 aromatic heterocycles. The fourth-order valence-electron chi connectivity index (χ4n) is 2.63. The van der Waals surface area contributed by atoms with Crippen LogP contribution in [0.15, 0.2) is 54.6 Å². The van der Waals surface area contributed by atoms with E-state index in [1.165, 1.54) is 5.56 Å². The first kappa shape index (κ1) is 23.0. The van der Waals surface area contributed by atoms with Gasteiger partial charge in [0.05, 0.1) is 12.5 Å². The van der Waals surface area contributed by atoms with E-state index < -0.39 is 0 Å². The zero-order chi connectivity index (χ0) is 18.9. The number of halogens is 1. The average Bonchev–Trinajstić information content (AvgIpc) is 2.66. The second-order valence-corrected chi connectivity index (χ2v) is 7.11. The minimum Gasteiger partial charge on any atom is -0.493 e. The highest BCUT2D eigenvalue weighted by atomic mass is 35.5. The third-order valence-corrected chi connectivity index (χ3v) is 4.36. The molecule has 1 amide bonds. The van der Waals surface area contributed by atoms with E-state index in [1.807, 2.05) is 61.5 Å². The van der Waals surface area contributed by atoms with Crippen LogP contribution in [0.5, 0.6) is 5.75 Å². The van der Waals surface area contributed by atoms with Gasteiger partial charge >= 0.3 is 0 Å². The van der Waals surface area contributed by atoms with Crippen molar-refractivity contribution in [2.24, 2.45) is 17.6 Å². The zero-order valence-electron chi connectivity index (χ0n) is 16.4. The highest BCUT2D eigenvalue weighted by Gasteiger charge is 2.21. The lowest BCUT2D eigenvalue weighted by Crippen LogP contribution is -2.36. The summed E-state index contributed by atoms with van der Waals surface area (Å²) in [6.07, 6.45) is 0.781. The molecule has 4 nitrogen and oxygen atoms in total. The molecule has 0 bridgehead atoms. The van der Waals surface area contributed by atoms with Crippen molar-refractivity contribution in [1.82, 2.24) is 5.32 Å². The largest absolute Gasteiger partial charge is 0.493 e. The van der Waals surface area contributed by atoms with Crippen molar-refractivity contribution in [2.75, 3.05) is 13.2 Å². The molecule has 2 aromatic rings. The number of carbonyl (C=O) groups is 1. The van der Waals surface area contributed by atoms with Gasteiger partial charge < -0.3 is 15.8 Å². The van der Waals surface area contributed by atoms with Crippen molar-refractivity contribution >= 4 is 18.3 Å². The number of nitrogens with two attached hydrogens (primary N) is 1. The van der Waals surface area contributed by atoms with E-state index in [0.29, 0.717) is 12.5 Å².